The molecule has 0 amide bonds. The van der Waals surface area contributed by atoms with Crippen LogP contribution in [-0.4, -0.2) is 5.78 Å². The molecule has 0 aromatic heterocycles. The zero-order chi connectivity index (χ0) is 12.0. The number of hydrogen-bond acceptors (Lipinski definition) is 1. The molecule has 0 radical (unpaired) electrons. The summed E-state index contributed by atoms with van der Waals surface area (Å²) in [7, 11) is 0. The molecule has 2 aliphatic carbocycles. The quantitative estimate of drug-likeness (QED) is 0.639. The van der Waals surface area contributed by atoms with E-state index in [1.807, 2.05) is 0 Å². The van der Waals surface area contributed by atoms with Crippen LogP contribution in [0.1, 0.15) is 59.3 Å². The van der Waals surface area contributed by atoms with Crippen LogP contribution in [-0.2, 0) is 4.79 Å². The van der Waals surface area contributed by atoms with Crippen molar-refractivity contribution >= 4 is 5.78 Å². The Morgan fingerprint density at radius 1 is 1.44 bits per heavy atom. The van der Waals surface area contributed by atoms with Gasteiger partial charge in [0, 0.05) is 12.3 Å². The van der Waals surface area contributed by atoms with Gasteiger partial charge in [-0.1, -0.05) is 32.9 Å². The van der Waals surface area contributed by atoms with E-state index in [-0.39, 0.29) is 10.8 Å². The first-order valence-electron chi connectivity index (χ1n) is 6.66. The highest BCUT2D eigenvalue weighted by Crippen LogP contribution is 2.64. The first-order chi connectivity index (χ1) is 7.45. The Balaban J connectivity index is 2.38. The SMILES string of the molecule is C=C(CC)C1(C)CCC2C(=O)CCCC21C. The van der Waals surface area contributed by atoms with E-state index in [0.717, 1.165) is 32.1 Å². The van der Waals surface area contributed by atoms with Crippen molar-refractivity contribution in [2.75, 3.05) is 0 Å². The highest BCUT2D eigenvalue weighted by Gasteiger charge is 2.58. The minimum absolute atomic E-state index is 0.190. The highest BCUT2D eigenvalue weighted by atomic mass is 16.1. The summed E-state index contributed by atoms with van der Waals surface area (Å²) >= 11 is 0. The van der Waals surface area contributed by atoms with Crippen molar-refractivity contribution < 1.29 is 4.79 Å². The van der Waals surface area contributed by atoms with Gasteiger partial charge in [-0.2, -0.15) is 0 Å². The maximum absolute atomic E-state index is 12.0. The second kappa shape index (κ2) is 3.72. The van der Waals surface area contributed by atoms with Crippen LogP contribution in [0.15, 0.2) is 12.2 Å². The molecule has 0 aliphatic heterocycles. The molecule has 3 atom stereocenters. The summed E-state index contributed by atoms with van der Waals surface area (Å²) in [6, 6.07) is 0. The number of ketones is 1. The van der Waals surface area contributed by atoms with Gasteiger partial charge in [0.2, 0.25) is 0 Å². The lowest BCUT2D eigenvalue weighted by molar-refractivity contribution is -0.130. The lowest BCUT2D eigenvalue weighted by atomic mass is 9.56. The molecule has 0 aromatic carbocycles. The van der Waals surface area contributed by atoms with E-state index in [2.05, 4.69) is 27.4 Å². The number of Topliss-reactive ketones (excluding diaryl/α,β-unsaturated/α-hetero) is 1. The molecule has 0 spiro atoms. The maximum atomic E-state index is 12.0. The van der Waals surface area contributed by atoms with Gasteiger partial charge in [0.25, 0.3) is 0 Å². The molecule has 2 rings (SSSR count). The first-order valence-corrected chi connectivity index (χ1v) is 6.66. The Morgan fingerprint density at radius 3 is 2.75 bits per heavy atom. The van der Waals surface area contributed by atoms with Gasteiger partial charge >= 0.3 is 0 Å². The van der Waals surface area contributed by atoms with Crippen LogP contribution in [0.25, 0.3) is 0 Å². The fourth-order valence-electron chi connectivity index (χ4n) is 4.16. The predicted octanol–water partition coefficient (Wildman–Crippen LogP) is 4.13. The van der Waals surface area contributed by atoms with E-state index in [0.29, 0.717) is 11.7 Å². The molecule has 1 nitrogen and oxygen atoms in total. The van der Waals surface area contributed by atoms with Crippen LogP contribution in [0.5, 0.6) is 0 Å². The second-order valence-corrected chi connectivity index (χ2v) is 6.12. The zero-order valence-electron chi connectivity index (χ0n) is 10.9. The summed E-state index contributed by atoms with van der Waals surface area (Å²) in [5.41, 5.74) is 1.74. The van der Waals surface area contributed by atoms with Gasteiger partial charge in [0.1, 0.15) is 5.78 Å². The Morgan fingerprint density at radius 2 is 2.12 bits per heavy atom. The third kappa shape index (κ3) is 1.33. The zero-order valence-corrected chi connectivity index (χ0v) is 10.9. The Labute approximate surface area is 99.3 Å². The Kier molecular flexibility index (Phi) is 2.76. The molecular weight excluding hydrogens is 196 g/mol. The summed E-state index contributed by atoms with van der Waals surface area (Å²) in [5.74, 6) is 0.830. The van der Waals surface area contributed by atoms with Gasteiger partial charge in [0.15, 0.2) is 0 Å². The number of rotatable bonds is 2. The Bertz CT molecular complexity index is 330. The van der Waals surface area contributed by atoms with Crippen molar-refractivity contribution in [1.29, 1.82) is 0 Å². The standard InChI is InChI=1S/C15H24O/c1-5-11(2)14(3)10-8-12-13(16)7-6-9-15(12,14)4/h12H,2,5-10H2,1,3-4H3. The Hall–Kier alpha value is -0.590. The molecule has 90 valence electrons. The summed E-state index contributed by atoms with van der Waals surface area (Å²) in [5, 5.41) is 0. The molecule has 2 saturated carbocycles. The molecular formula is C15H24O. The third-order valence-electron chi connectivity index (χ3n) is 5.68. The molecule has 2 aliphatic rings. The largest absolute Gasteiger partial charge is 0.299 e. The monoisotopic (exact) mass is 220 g/mol. The predicted molar refractivity (Wildman–Crippen MR) is 67.2 cm³/mol. The lowest BCUT2D eigenvalue weighted by Gasteiger charge is -2.47. The number of fused-ring (bicyclic) bond motifs is 1. The highest BCUT2D eigenvalue weighted by molar-refractivity contribution is 5.83. The summed E-state index contributed by atoms with van der Waals surface area (Å²) in [6.45, 7) is 11.1. The smallest absolute Gasteiger partial charge is 0.136 e. The summed E-state index contributed by atoms with van der Waals surface area (Å²) < 4.78 is 0. The number of allylic oxidation sites excluding steroid dienone is 1. The minimum Gasteiger partial charge on any atom is -0.299 e. The van der Waals surface area contributed by atoms with Crippen molar-refractivity contribution in [3.63, 3.8) is 0 Å². The van der Waals surface area contributed by atoms with E-state index < -0.39 is 0 Å². The van der Waals surface area contributed by atoms with Gasteiger partial charge in [0.05, 0.1) is 0 Å². The van der Waals surface area contributed by atoms with Gasteiger partial charge in [-0.25, -0.2) is 0 Å². The second-order valence-electron chi connectivity index (χ2n) is 6.12. The lowest BCUT2D eigenvalue weighted by Crippen LogP contribution is -2.43. The van der Waals surface area contributed by atoms with E-state index in [1.165, 1.54) is 12.0 Å². The third-order valence-corrected chi connectivity index (χ3v) is 5.68. The van der Waals surface area contributed by atoms with Crippen LogP contribution in [0, 0.1) is 16.7 Å². The maximum Gasteiger partial charge on any atom is 0.136 e. The van der Waals surface area contributed by atoms with Crippen LogP contribution in [0.2, 0.25) is 0 Å². The normalized spacial score (nSPS) is 43.2. The number of hydrogen-bond donors (Lipinski definition) is 0. The van der Waals surface area contributed by atoms with Crippen LogP contribution in [0.3, 0.4) is 0 Å². The molecule has 0 N–H and O–H groups in total. The van der Waals surface area contributed by atoms with Crippen molar-refractivity contribution in [1.82, 2.24) is 0 Å². The average molecular weight is 220 g/mol. The van der Waals surface area contributed by atoms with Crippen molar-refractivity contribution in [3.05, 3.63) is 12.2 Å². The average Bonchev–Trinajstić information content (AvgIpc) is 2.53. The summed E-state index contributed by atoms with van der Waals surface area (Å²) in [4.78, 5) is 12.0. The molecule has 3 unspecified atom stereocenters. The van der Waals surface area contributed by atoms with Gasteiger partial charge < -0.3 is 0 Å². The van der Waals surface area contributed by atoms with Gasteiger partial charge in [-0.15, -0.1) is 0 Å². The van der Waals surface area contributed by atoms with Crippen molar-refractivity contribution in [2.45, 2.75) is 59.3 Å². The topological polar surface area (TPSA) is 17.1 Å². The number of carbonyl (C=O) groups is 1. The molecule has 0 heterocycles. The van der Waals surface area contributed by atoms with Crippen LogP contribution in [0.4, 0.5) is 0 Å². The van der Waals surface area contributed by atoms with Crippen molar-refractivity contribution in [3.8, 4) is 0 Å². The molecule has 1 heteroatoms. The van der Waals surface area contributed by atoms with Crippen LogP contribution < -0.4 is 0 Å². The van der Waals surface area contributed by atoms with E-state index >= 15 is 0 Å². The van der Waals surface area contributed by atoms with E-state index in [9.17, 15) is 4.79 Å². The fraction of sp³-hybridized carbons (Fsp3) is 0.800. The number of carbonyl (C=O) groups excluding carboxylic acids is 1. The van der Waals surface area contributed by atoms with E-state index in [4.69, 9.17) is 0 Å². The molecule has 0 saturated heterocycles. The first kappa shape index (κ1) is 11.9. The van der Waals surface area contributed by atoms with Gasteiger partial charge in [-0.05, 0) is 42.9 Å². The van der Waals surface area contributed by atoms with Crippen molar-refractivity contribution in [2.24, 2.45) is 16.7 Å². The van der Waals surface area contributed by atoms with Gasteiger partial charge in [-0.3, -0.25) is 4.79 Å². The summed E-state index contributed by atoms with van der Waals surface area (Å²) in [6.07, 6.45) is 6.40. The van der Waals surface area contributed by atoms with Crippen LogP contribution >= 0.6 is 0 Å². The van der Waals surface area contributed by atoms with E-state index in [1.54, 1.807) is 0 Å². The fourth-order valence-corrected chi connectivity index (χ4v) is 4.16. The molecule has 0 bridgehead atoms. The molecule has 2 fully saturated rings. The minimum atomic E-state index is 0.190. The molecule has 16 heavy (non-hydrogen) atoms. The molecule has 0 aromatic rings.